The Balaban J connectivity index is 2.08. The van der Waals surface area contributed by atoms with E-state index in [0.29, 0.717) is 33.8 Å². The standard InChI is InChI=1S/C31H37BrClN3O5S/c1-6-28(30(38)34-31(3,4)5)35(20-22-10-8-9-11-27(22)33)29(37)21-36(24-14-16-25(17-15-24)41-7-2)42(39,40)26-18-12-23(32)13-19-26/h8-19,28H,6-7,20-21H2,1-5H3,(H,34,38)/t28-/m0/s1. The molecule has 1 N–H and O–H groups in total. The van der Waals surface area contributed by atoms with Crippen LogP contribution < -0.4 is 14.4 Å². The largest absolute Gasteiger partial charge is 0.494 e. The van der Waals surface area contributed by atoms with Crippen molar-refractivity contribution >= 4 is 55.1 Å². The highest BCUT2D eigenvalue weighted by molar-refractivity contribution is 9.10. The zero-order valence-corrected chi connectivity index (χ0v) is 27.6. The molecule has 0 spiro atoms. The van der Waals surface area contributed by atoms with Crippen LogP contribution in [0.3, 0.4) is 0 Å². The molecule has 0 unspecified atom stereocenters. The highest BCUT2D eigenvalue weighted by Crippen LogP contribution is 2.28. The van der Waals surface area contributed by atoms with Crippen LogP contribution in [-0.4, -0.2) is 49.9 Å². The third-order valence-electron chi connectivity index (χ3n) is 6.30. The van der Waals surface area contributed by atoms with Crippen molar-refractivity contribution in [1.29, 1.82) is 0 Å². The van der Waals surface area contributed by atoms with Crippen LogP contribution in [-0.2, 0) is 26.2 Å². The molecule has 0 saturated carbocycles. The van der Waals surface area contributed by atoms with Crippen LogP contribution in [0.2, 0.25) is 5.02 Å². The molecule has 0 bridgehead atoms. The Hall–Kier alpha value is -3.08. The van der Waals surface area contributed by atoms with Gasteiger partial charge in [-0.25, -0.2) is 8.42 Å². The Morgan fingerprint density at radius 3 is 2.14 bits per heavy atom. The lowest BCUT2D eigenvalue weighted by molar-refractivity contribution is -0.141. The number of sulfonamides is 1. The summed E-state index contributed by atoms with van der Waals surface area (Å²) in [5.41, 5.74) is 0.376. The van der Waals surface area contributed by atoms with Gasteiger partial charge in [-0.1, -0.05) is 52.7 Å². The Bertz CT molecular complexity index is 1480. The molecule has 0 radical (unpaired) electrons. The summed E-state index contributed by atoms with van der Waals surface area (Å²) in [6.45, 7) is 9.15. The van der Waals surface area contributed by atoms with E-state index >= 15 is 0 Å². The number of anilines is 1. The van der Waals surface area contributed by atoms with Crippen molar-refractivity contribution < 1.29 is 22.7 Å². The molecular weight excluding hydrogens is 642 g/mol. The maximum atomic E-state index is 14.2. The summed E-state index contributed by atoms with van der Waals surface area (Å²) in [5.74, 6) is -0.326. The first-order chi connectivity index (χ1) is 19.8. The molecule has 1 atom stereocenters. The summed E-state index contributed by atoms with van der Waals surface area (Å²) < 4.78 is 35.3. The lowest BCUT2D eigenvalue weighted by Crippen LogP contribution is -2.55. The van der Waals surface area contributed by atoms with E-state index in [4.69, 9.17) is 16.3 Å². The Morgan fingerprint density at radius 2 is 1.60 bits per heavy atom. The van der Waals surface area contributed by atoms with Gasteiger partial charge >= 0.3 is 0 Å². The number of nitrogens with one attached hydrogen (secondary N) is 1. The maximum Gasteiger partial charge on any atom is 0.264 e. The number of carbonyl (C=O) groups is 2. The van der Waals surface area contributed by atoms with Gasteiger partial charge < -0.3 is 15.0 Å². The predicted octanol–water partition coefficient (Wildman–Crippen LogP) is 6.42. The van der Waals surface area contributed by atoms with Crippen LogP contribution in [0.5, 0.6) is 5.75 Å². The van der Waals surface area contributed by atoms with Crippen molar-refractivity contribution in [3.8, 4) is 5.75 Å². The lowest BCUT2D eigenvalue weighted by atomic mass is 10.1. The average molecular weight is 679 g/mol. The van der Waals surface area contributed by atoms with Crippen molar-refractivity contribution in [2.75, 3.05) is 17.5 Å². The summed E-state index contributed by atoms with van der Waals surface area (Å²) >= 11 is 9.79. The fourth-order valence-corrected chi connectivity index (χ4v) is 6.19. The Kier molecular flexibility index (Phi) is 11.5. The third kappa shape index (κ3) is 8.72. The summed E-state index contributed by atoms with van der Waals surface area (Å²) in [5, 5.41) is 3.39. The fraction of sp³-hybridized carbons (Fsp3) is 0.355. The van der Waals surface area contributed by atoms with Gasteiger partial charge in [0.1, 0.15) is 18.3 Å². The van der Waals surface area contributed by atoms with Gasteiger partial charge in [0.15, 0.2) is 0 Å². The van der Waals surface area contributed by atoms with Crippen LogP contribution >= 0.6 is 27.5 Å². The SMILES string of the molecule is CCOc1ccc(N(CC(=O)N(Cc2ccccc2Cl)[C@@H](CC)C(=O)NC(C)(C)C)S(=O)(=O)c2ccc(Br)cc2)cc1. The zero-order chi connectivity index (χ0) is 31.1. The summed E-state index contributed by atoms with van der Waals surface area (Å²) in [6, 6.07) is 18.9. The van der Waals surface area contributed by atoms with Gasteiger partial charge in [0.05, 0.1) is 17.2 Å². The van der Waals surface area contributed by atoms with E-state index in [9.17, 15) is 18.0 Å². The molecule has 3 aromatic carbocycles. The number of ether oxygens (including phenoxy) is 1. The van der Waals surface area contributed by atoms with Gasteiger partial charge in [0, 0.05) is 21.6 Å². The second-order valence-corrected chi connectivity index (χ2v) is 13.9. The molecule has 0 fully saturated rings. The fourth-order valence-electron chi connectivity index (χ4n) is 4.32. The minimum absolute atomic E-state index is 0.0163. The van der Waals surface area contributed by atoms with Crippen molar-refractivity contribution in [2.45, 2.75) is 64.1 Å². The van der Waals surface area contributed by atoms with Gasteiger partial charge in [-0.05, 0) is 94.3 Å². The topological polar surface area (TPSA) is 96.0 Å². The normalized spacial score (nSPS) is 12.4. The molecule has 8 nitrogen and oxygen atoms in total. The molecule has 0 aliphatic heterocycles. The van der Waals surface area contributed by atoms with Gasteiger partial charge in [0.2, 0.25) is 11.8 Å². The van der Waals surface area contributed by atoms with E-state index in [1.54, 1.807) is 60.7 Å². The molecule has 0 saturated heterocycles. The first-order valence-corrected chi connectivity index (χ1v) is 16.2. The van der Waals surface area contributed by atoms with Crippen molar-refractivity contribution in [2.24, 2.45) is 0 Å². The molecule has 0 aromatic heterocycles. The van der Waals surface area contributed by atoms with E-state index in [1.165, 1.54) is 17.0 Å². The van der Waals surface area contributed by atoms with E-state index in [2.05, 4.69) is 21.2 Å². The quantitative estimate of drug-likeness (QED) is 0.239. The highest BCUT2D eigenvalue weighted by atomic mass is 79.9. The summed E-state index contributed by atoms with van der Waals surface area (Å²) in [6.07, 6.45) is 0.306. The van der Waals surface area contributed by atoms with E-state index in [1.807, 2.05) is 34.6 Å². The number of rotatable bonds is 12. The summed E-state index contributed by atoms with van der Waals surface area (Å²) in [4.78, 5) is 29.0. The predicted molar refractivity (Wildman–Crippen MR) is 170 cm³/mol. The molecule has 0 aliphatic rings. The van der Waals surface area contributed by atoms with Crippen molar-refractivity contribution in [3.05, 3.63) is 87.9 Å². The molecule has 0 aliphatic carbocycles. The van der Waals surface area contributed by atoms with Crippen LogP contribution in [0.25, 0.3) is 0 Å². The zero-order valence-electron chi connectivity index (χ0n) is 24.4. The van der Waals surface area contributed by atoms with Crippen LogP contribution in [0.4, 0.5) is 5.69 Å². The van der Waals surface area contributed by atoms with Gasteiger partial charge in [0.25, 0.3) is 10.0 Å². The van der Waals surface area contributed by atoms with Crippen molar-refractivity contribution in [1.82, 2.24) is 10.2 Å². The third-order valence-corrected chi connectivity index (χ3v) is 8.98. The lowest BCUT2D eigenvalue weighted by Gasteiger charge is -2.35. The first kappa shape index (κ1) is 33.4. The van der Waals surface area contributed by atoms with Gasteiger partial charge in [-0.15, -0.1) is 0 Å². The number of hydrogen-bond acceptors (Lipinski definition) is 5. The number of benzene rings is 3. The molecule has 42 heavy (non-hydrogen) atoms. The van der Waals surface area contributed by atoms with Gasteiger partial charge in [-0.3, -0.25) is 13.9 Å². The molecule has 0 heterocycles. The van der Waals surface area contributed by atoms with E-state index in [0.717, 1.165) is 4.31 Å². The monoisotopic (exact) mass is 677 g/mol. The molecule has 3 aromatic rings. The number of halogens is 2. The Labute approximate surface area is 262 Å². The van der Waals surface area contributed by atoms with E-state index < -0.39 is 34.1 Å². The second kappa shape index (κ2) is 14.4. The molecule has 2 amide bonds. The van der Waals surface area contributed by atoms with Crippen LogP contribution in [0, 0.1) is 0 Å². The van der Waals surface area contributed by atoms with Crippen molar-refractivity contribution in [3.63, 3.8) is 0 Å². The minimum atomic E-state index is -4.19. The van der Waals surface area contributed by atoms with Crippen LogP contribution in [0.1, 0.15) is 46.6 Å². The highest BCUT2D eigenvalue weighted by Gasteiger charge is 2.35. The molecule has 11 heteroatoms. The van der Waals surface area contributed by atoms with E-state index in [-0.39, 0.29) is 23.0 Å². The number of amides is 2. The first-order valence-electron chi connectivity index (χ1n) is 13.6. The number of hydrogen-bond donors (Lipinski definition) is 1. The summed E-state index contributed by atoms with van der Waals surface area (Å²) in [7, 11) is -4.19. The number of carbonyl (C=O) groups excluding carboxylic acids is 2. The van der Waals surface area contributed by atoms with Crippen LogP contribution in [0.15, 0.2) is 82.2 Å². The smallest absolute Gasteiger partial charge is 0.264 e. The molecule has 3 rings (SSSR count). The van der Waals surface area contributed by atoms with Gasteiger partial charge in [-0.2, -0.15) is 0 Å². The average Bonchev–Trinajstić information content (AvgIpc) is 2.92. The maximum absolute atomic E-state index is 14.2. The Morgan fingerprint density at radius 1 is 0.976 bits per heavy atom. The molecular formula is C31H37BrClN3O5S. The second-order valence-electron chi connectivity index (χ2n) is 10.7. The number of nitrogens with zero attached hydrogens (tertiary/aromatic N) is 2. The molecule has 226 valence electrons. The minimum Gasteiger partial charge on any atom is -0.494 e.